The Morgan fingerprint density at radius 3 is 2.54 bits per heavy atom. The minimum absolute atomic E-state index is 0.160. The second-order valence-electron chi connectivity index (χ2n) is 3.30. The molecule has 0 fully saturated rings. The van der Waals surface area contributed by atoms with E-state index in [2.05, 4.69) is 11.4 Å². The highest BCUT2D eigenvalue weighted by Crippen LogP contribution is 2.18. The van der Waals surface area contributed by atoms with E-state index in [1.807, 2.05) is 12.1 Å². The largest absolute Gasteiger partial charge is 0.343 e. The van der Waals surface area contributed by atoms with Crippen LogP contribution in [0.3, 0.4) is 0 Å². The summed E-state index contributed by atoms with van der Waals surface area (Å²) in [7, 11) is 0. The van der Waals surface area contributed by atoms with E-state index in [0.29, 0.717) is 0 Å². The van der Waals surface area contributed by atoms with Gasteiger partial charge in [-0.1, -0.05) is 12.1 Å². The number of nitrogens with two attached hydrogens (primary N) is 1. The Morgan fingerprint density at radius 1 is 1.15 bits per heavy atom. The van der Waals surface area contributed by atoms with Gasteiger partial charge in [0.2, 0.25) is 0 Å². The molecule has 1 aliphatic rings. The van der Waals surface area contributed by atoms with Crippen molar-refractivity contribution in [2.24, 2.45) is 0 Å². The van der Waals surface area contributed by atoms with Crippen LogP contribution in [0.4, 0.5) is 4.39 Å². The molecule has 0 aromatic heterocycles. The molecular formula is C11H13FN+. The van der Waals surface area contributed by atoms with Crippen molar-refractivity contribution in [1.82, 2.24) is 0 Å². The minimum Gasteiger partial charge on any atom is -0.343 e. The summed E-state index contributed by atoms with van der Waals surface area (Å²) in [5, 5.41) is 2.27. The van der Waals surface area contributed by atoms with E-state index in [9.17, 15) is 4.39 Å². The van der Waals surface area contributed by atoms with Crippen molar-refractivity contribution < 1.29 is 9.71 Å². The van der Waals surface area contributed by atoms with Crippen LogP contribution in [0, 0.1) is 5.82 Å². The van der Waals surface area contributed by atoms with E-state index < -0.39 is 0 Å². The lowest BCUT2D eigenvalue weighted by Gasteiger charge is -2.11. The Labute approximate surface area is 77.3 Å². The van der Waals surface area contributed by atoms with Crippen molar-refractivity contribution in [1.29, 1.82) is 0 Å². The molecule has 68 valence electrons. The van der Waals surface area contributed by atoms with Crippen molar-refractivity contribution >= 4 is 5.57 Å². The Kier molecular flexibility index (Phi) is 2.41. The Balaban J connectivity index is 2.24. The zero-order valence-corrected chi connectivity index (χ0v) is 7.46. The maximum absolute atomic E-state index is 12.6. The van der Waals surface area contributed by atoms with E-state index in [0.717, 1.165) is 25.1 Å². The molecule has 0 radical (unpaired) electrons. The number of hydrogen-bond donors (Lipinski definition) is 1. The lowest BCUT2D eigenvalue weighted by molar-refractivity contribution is -0.646. The van der Waals surface area contributed by atoms with Gasteiger partial charge >= 0.3 is 0 Å². The van der Waals surface area contributed by atoms with E-state index in [1.165, 1.54) is 17.7 Å². The van der Waals surface area contributed by atoms with Gasteiger partial charge in [-0.3, -0.25) is 0 Å². The van der Waals surface area contributed by atoms with Gasteiger partial charge in [-0.2, -0.15) is 0 Å². The van der Waals surface area contributed by atoms with Gasteiger partial charge in [0, 0.05) is 6.42 Å². The fraction of sp³-hybridized carbons (Fsp3) is 0.273. The third-order valence-electron chi connectivity index (χ3n) is 2.36. The molecule has 0 bridgehead atoms. The van der Waals surface area contributed by atoms with Crippen LogP contribution >= 0.6 is 0 Å². The lowest BCUT2D eigenvalue weighted by Crippen LogP contribution is -2.84. The first-order valence-corrected chi connectivity index (χ1v) is 4.63. The SMILES string of the molecule is Fc1ccc(C2=CC[NH2+]CC2)cc1. The lowest BCUT2D eigenvalue weighted by atomic mass is 10.0. The highest BCUT2D eigenvalue weighted by Gasteiger charge is 2.06. The maximum Gasteiger partial charge on any atom is 0.123 e. The smallest absolute Gasteiger partial charge is 0.123 e. The molecule has 1 aromatic carbocycles. The Bertz CT molecular complexity index is 313. The van der Waals surface area contributed by atoms with Crippen LogP contribution in [0.2, 0.25) is 0 Å². The first-order chi connectivity index (χ1) is 6.36. The van der Waals surface area contributed by atoms with Gasteiger partial charge in [0.15, 0.2) is 0 Å². The first kappa shape index (κ1) is 8.45. The number of quaternary nitrogens is 1. The van der Waals surface area contributed by atoms with Crippen molar-refractivity contribution in [2.45, 2.75) is 6.42 Å². The van der Waals surface area contributed by atoms with Gasteiger partial charge in [0.05, 0.1) is 13.1 Å². The average Bonchev–Trinajstić information content (AvgIpc) is 2.20. The van der Waals surface area contributed by atoms with Crippen molar-refractivity contribution in [3.8, 4) is 0 Å². The molecule has 0 aliphatic carbocycles. The molecule has 2 rings (SSSR count). The van der Waals surface area contributed by atoms with Crippen LogP contribution in [0.15, 0.2) is 30.3 Å². The molecule has 0 amide bonds. The fourth-order valence-corrected chi connectivity index (χ4v) is 1.63. The predicted molar refractivity (Wildman–Crippen MR) is 50.7 cm³/mol. The van der Waals surface area contributed by atoms with Crippen LogP contribution in [-0.2, 0) is 0 Å². The summed E-state index contributed by atoms with van der Waals surface area (Å²) in [6.07, 6.45) is 3.31. The molecule has 0 unspecified atom stereocenters. The maximum atomic E-state index is 12.6. The Morgan fingerprint density at radius 2 is 1.92 bits per heavy atom. The quantitative estimate of drug-likeness (QED) is 0.665. The van der Waals surface area contributed by atoms with Crippen molar-refractivity contribution in [3.63, 3.8) is 0 Å². The summed E-state index contributed by atoms with van der Waals surface area (Å²) in [6, 6.07) is 6.75. The number of hydrogen-bond acceptors (Lipinski definition) is 0. The highest BCUT2D eigenvalue weighted by molar-refractivity contribution is 5.65. The third kappa shape index (κ3) is 1.95. The van der Waals surface area contributed by atoms with Gasteiger partial charge in [-0.05, 0) is 29.3 Å². The molecule has 2 N–H and O–H groups in total. The monoisotopic (exact) mass is 178 g/mol. The second-order valence-corrected chi connectivity index (χ2v) is 3.30. The molecule has 0 saturated heterocycles. The van der Waals surface area contributed by atoms with Crippen LogP contribution in [0.5, 0.6) is 0 Å². The summed E-state index contributed by atoms with van der Waals surface area (Å²) < 4.78 is 12.6. The van der Waals surface area contributed by atoms with Gasteiger partial charge in [-0.25, -0.2) is 4.39 Å². The Hall–Kier alpha value is -1.15. The summed E-state index contributed by atoms with van der Waals surface area (Å²) in [6.45, 7) is 2.19. The number of benzene rings is 1. The molecule has 1 nitrogen and oxygen atoms in total. The summed E-state index contributed by atoms with van der Waals surface area (Å²) in [4.78, 5) is 0. The molecule has 0 spiro atoms. The molecule has 1 heterocycles. The highest BCUT2D eigenvalue weighted by atomic mass is 19.1. The first-order valence-electron chi connectivity index (χ1n) is 4.63. The van der Waals surface area contributed by atoms with Gasteiger partial charge < -0.3 is 5.32 Å². The van der Waals surface area contributed by atoms with Crippen LogP contribution in [-0.4, -0.2) is 13.1 Å². The summed E-state index contributed by atoms with van der Waals surface area (Å²) >= 11 is 0. The zero-order valence-electron chi connectivity index (χ0n) is 7.46. The van der Waals surface area contributed by atoms with E-state index in [-0.39, 0.29) is 5.82 Å². The zero-order chi connectivity index (χ0) is 9.10. The minimum atomic E-state index is -0.160. The third-order valence-corrected chi connectivity index (χ3v) is 2.36. The second kappa shape index (κ2) is 3.71. The van der Waals surface area contributed by atoms with E-state index in [1.54, 1.807) is 0 Å². The number of halogens is 1. The van der Waals surface area contributed by atoms with Crippen LogP contribution in [0.25, 0.3) is 5.57 Å². The molecule has 1 aliphatic heterocycles. The van der Waals surface area contributed by atoms with Gasteiger partial charge in [0.1, 0.15) is 5.82 Å². The predicted octanol–water partition coefficient (Wildman–Crippen LogP) is 1.18. The normalized spacial score (nSPS) is 16.8. The molecule has 1 aromatic rings. The number of rotatable bonds is 1. The summed E-state index contributed by atoms with van der Waals surface area (Å²) in [5.41, 5.74) is 2.51. The van der Waals surface area contributed by atoms with Crippen molar-refractivity contribution in [2.75, 3.05) is 13.1 Å². The van der Waals surface area contributed by atoms with Gasteiger partial charge in [0.25, 0.3) is 0 Å². The average molecular weight is 178 g/mol. The molecule has 13 heavy (non-hydrogen) atoms. The van der Waals surface area contributed by atoms with Crippen LogP contribution in [0.1, 0.15) is 12.0 Å². The fourth-order valence-electron chi connectivity index (χ4n) is 1.63. The topological polar surface area (TPSA) is 16.6 Å². The van der Waals surface area contributed by atoms with E-state index >= 15 is 0 Å². The van der Waals surface area contributed by atoms with Crippen molar-refractivity contribution in [3.05, 3.63) is 41.7 Å². The molecule has 0 atom stereocenters. The van der Waals surface area contributed by atoms with E-state index in [4.69, 9.17) is 0 Å². The van der Waals surface area contributed by atoms with Gasteiger partial charge in [-0.15, -0.1) is 0 Å². The molecular weight excluding hydrogens is 165 g/mol. The molecule has 0 saturated carbocycles. The van der Waals surface area contributed by atoms with Crippen LogP contribution < -0.4 is 5.32 Å². The summed E-state index contributed by atoms with van der Waals surface area (Å²) in [5.74, 6) is -0.160. The standard InChI is InChI=1S/C11H12FN/c12-11-3-1-9(2-4-11)10-5-7-13-8-6-10/h1-5,13H,6-8H2/p+1. The molecule has 2 heteroatoms.